The Bertz CT molecular complexity index is 1020. The molecular weight excluding hydrogens is 412 g/mol. The number of nitrogen functional groups attached to an aromatic ring is 1. The van der Waals surface area contributed by atoms with Crippen LogP contribution in [0.4, 0.5) is 16.2 Å². The van der Waals surface area contributed by atoms with Crippen LogP contribution in [0.3, 0.4) is 0 Å². The van der Waals surface area contributed by atoms with Crippen molar-refractivity contribution in [3.8, 4) is 10.4 Å². The molecule has 3 rings (SSSR count). The minimum atomic E-state index is -0.468. The van der Waals surface area contributed by atoms with Crippen LogP contribution in [0, 0.1) is 0 Å². The summed E-state index contributed by atoms with van der Waals surface area (Å²) in [6.07, 6.45) is -0.468. The number of likely N-dealkylation sites (N-methyl/N-ethyl adjacent to an activating group) is 1. The molecule has 3 aromatic rings. The van der Waals surface area contributed by atoms with Crippen molar-refractivity contribution in [3.05, 3.63) is 71.1 Å². The Balaban J connectivity index is 1.56. The second-order valence-corrected chi connectivity index (χ2v) is 8.17. The number of hydrogen-bond donors (Lipinski definition) is 3. The Morgan fingerprint density at radius 2 is 1.87 bits per heavy atom. The molecule has 31 heavy (non-hydrogen) atoms. The van der Waals surface area contributed by atoms with E-state index in [1.807, 2.05) is 48.6 Å². The van der Waals surface area contributed by atoms with E-state index in [1.54, 1.807) is 41.7 Å². The van der Waals surface area contributed by atoms with Crippen molar-refractivity contribution in [2.24, 2.45) is 0 Å². The second-order valence-electron chi connectivity index (χ2n) is 7.22. The Kier molecular flexibility index (Phi) is 7.64. The highest BCUT2D eigenvalue weighted by molar-refractivity contribution is 7.13. The summed E-state index contributed by atoms with van der Waals surface area (Å²) in [7, 11) is 3.82. The highest BCUT2D eigenvalue weighted by atomic mass is 32.1. The fourth-order valence-electron chi connectivity index (χ4n) is 2.78. The van der Waals surface area contributed by atoms with Gasteiger partial charge in [-0.15, -0.1) is 11.3 Å². The first-order valence-electron chi connectivity index (χ1n) is 9.81. The average molecular weight is 439 g/mol. The second kappa shape index (κ2) is 10.6. The van der Waals surface area contributed by atoms with Crippen LogP contribution < -0.4 is 16.4 Å². The van der Waals surface area contributed by atoms with Crippen molar-refractivity contribution >= 4 is 34.7 Å². The SMILES string of the molecule is CN(C)CCOC(=O)NCc1ccc(C(=O)Nc2cc(-c3cccs3)ccc2N)cc1. The summed E-state index contributed by atoms with van der Waals surface area (Å²) >= 11 is 1.62. The van der Waals surface area contributed by atoms with Crippen LogP contribution in [-0.4, -0.2) is 44.1 Å². The molecule has 0 aliphatic rings. The first kappa shape index (κ1) is 22.3. The third kappa shape index (κ3) is 6.56. The number of carbonyl (C=O) groups excluding carboxylic acids is 2. The van der Waals surface area contributed by atoms with Gasteiger partial charge < -0.3 is 26.0 Å². The van der Waals surface area contributed by atoms with Crippen molar-refractivity contribution in [2.75, 3.05) is 38.3 Å². The largest absolute Gasteiger partial charge is 0.448 e. The molecule has 162 valence electrons. The van der Waals surface area contributed by atoms with Gasteiger partial charge in [0.25, 0.3) is 5.91 Å². The number of anilines is 2. The molecule has 0 spiro atoms. The number of nitrogens with two attached hydrogens (primary N) is 1. The first-order valence-corrected chi connectivity index (χ1v) is 10.7. The summed E-state index contributed by atoms with van der Waals surface area (Å²) in [4.78, 5) is 27.4. The van der Waals surface area contributed by atoms with Crippen molar-refractivity contribution in [2.45, 2.75) is 6.54 Å². The summed E-state index contributed by atoms with van der Waals surface area (Å²) in [5, 5.41) is 7.57. The van der Waals surface area contributed by atoms with Gasteiger partial charge >= 0.3 is 6.09 Å². The van der Waals surface area contributed by atoms with Crippen LogP contribution >= 0.6 is 11.3 Å². The number of nitrogens with one attached hydrogen (secondary N) is 2. The zero-order chi connectivity index (χ0) is 22.2. The fourth-order valence-corrected chi connectivity index (χ4v) is 3.50. The lowest BCUT2D eigenvalue weighted by atomic mass is 10.1. The molecule has 0 radical (unpaired) electrons. The van der Waals surface area contributed by atoms with Crippen LogP contribution in [0.5, 0.6) is 0 Å². The summed E-state index contributed by atoms with van der Waals surface area (Å²) in [6.45, 7) is 1.31. The average Bonchev–Trinajstić information content (AvgIpc) is 3.29. The van der Waals surface area contributed by atoms with E-state index < -0.39 is 6.09 Å². The van der Waals surface area contributed by atoms with Crippen LogP contribution in [-0.2, 0) is 11.3 Å². The normalized spacial score (nSPS) is 10.7. The van der Waals surface area contributed by atoms with Crippen molar-refractivity contribution in [1.29, 1.82) is 0 Å². The van der Waals surface area contributed by atoms with Crippen molar-refractivity contribution in [3.63, 3.8) is 0 Å². The maximum atomic E-state index is 12.7. The summed E-state index contributed by atoms with van der Waals surface area (Å²) in [6, 6.07) is 16.6. The molecule has 7 nitrogen and oxygen atoms in total. The van der Waals surface area contributed by atoms with Gasteiger partial charge in [0, 0.05) is 23.5 Å². The van der Waals surface area contributed by atoms with Crippen LogP contribution in [0.25, 0.3) is 10.4 Å². The number of rotatable bonds is 8. The van der Waals surface area contributed by atoms with E-state index in [1.165, 1.54) is 0 Å². The molecule has 0 aliphatic carbocycles. The Hall–Kier alpha value is -3.36. The first-order chi connectivity index (χ1) is 14.9. The lowest BCUT2D eigenvalue weighted by Crippen LogP contribution is -2.27. The van der Waals surface area contributed by atoms with Gasteiger partial charge in [-0.1, -0.05) is 24.3 Å². The number of hydrogen-bond acceptors (Lipinski definition) is 6. The number of alkyl carbamates (subject to hydrolysis) is 1. The zero-order valence-electron chi connectivity index (χ0n) is 17.6. The maximum Gasteiger partial charge on any atom is 0.407 e. The third-order valence-corrected chi connectivity index (χ3v) is 5.45. The molecule has 0 aliphatic heterocycles. The predicted molar refractivity (Wildman–Crippen MR) is 125 cm³/mol. The molecule has 1 aromatic heterocycles. The lowest BCUT2D eigenvalue weighted by Gasteiger charge is -2.11. The molecule has 8 heteroatoms. The van der Waals surface area contributed by atoms with E-state index in [0.717, 1.165) is 16.0 Å². The monoisotopic (exact) mass is 438 g/mol. The molecule has 2 aromatic carbocycles. The fraction of sp³-hybridized carbons (Fsp3) is 0.217. The molecule has 2 amide bonds. The van der Waals surface area contributed by atoms with Crippen LogP contribution in [0.2, 0.25) is 0 Å². The molecule has 0 unspecified atom stereocenters. The van der Waals surface area contributed by atoms with Gasteiger partial charge in [-0.05, 0) is 60.9 Å². The zero-order valence-corrected chi connectivity index (χ0v) is 18.4. The highest BCUT2D eigenvalue weighted by Crippen LogP contribution is 2.30. The van der Waals surface area contributed by atoms with Crippen molar-refractivity contribution in [1.82, 2.24) is 10.2 Å². The van der Waals surface area contributed by atoms with E-state index in [-0.39, 0.29) is 5.91 Å². The van der Waals surface area contributed by atoms with Crippen LogP contribution in [0.15, 0.2) is 60.0 Å². The number of benzene rings is 2. The van der Waals surface area contributed by atoms with Gasteiger partial charge in [-0.2, -0.15) is 0 Å². The topological polar surface area (TPSA) is 96.7 Å². The molecule has 0 bridgehead atoms. The van der Waals surface area contributed by atoms with Gasteiger partial charge in [-0.3, -0.25) is 4.79 Å². The summed E-state index contributed by atoms with van der Waals surface area (Å²) in [5.41, 5.74) is 9.48. The molecule has 0 atom stereocenters. The quantitative estimate of drug-likeness (QED) is 0.461. The van der Waals surface area contributed by atoms with Gasteiger partial charge in [0.15, 0.2) is 0 Å². The standard InChI is InChI=1S/C23H26N4O3S/c1-27(2)11-12-30-23(29)25-15-16-5-7-17(8-6-16)22(28)26-20-14-18(9-10-19(20)24)21-4-3-13-31-21/h3-10,13-14H,11-12,15,24H2,1-2H3,(H,25,29)(H,26,28). The molecular formula is C23H26N4O3S. The van der Waals surface area contributed by atoms with E-state index in [9.17, 15) is 9.59 Å². The number of thiophene rings is 1. The Morgan fingerprint density at radius 1 is 1.10 bits per heavy atom. The van der Waals surface area contributed by atoms with E-state index in [0.29, 0.717) is 36.6 Å². The van der Waals surface area contributed by atoms with E-state index in [2.05, 4.69) is 10.6 Å². The molecule has 0 fully saturated rings. The van der Waals surface area contributed by atoms with Gasteiger partial charge in [-0.25, -0.2) is 4.79 Å². The summed E-state index contributed by atoms with van der Waals surface area (Å²) in [5.74, 6) is -0.252. The third-order valence-electron chi connectivity index (χ3n) is 4.53. The number of nitrogens with zero attached hydrogens (tertiary/aromatic N) is 1. The van der Waals surface area contributed by atoms with Gasteiger partial charge in [0.1, 0.15) is 6.61 Å². The molecule has 0 saturated carbocycles. The van der Waals surface area contributed by atoms with E-state index >= 15 is 0 Å². The van der Waals surface area contributed by atoms with Crippen molar-refractivity contribution < 1.29 is 14.3 Å². The molecule has 4 N–H and O–H groups in total. The van der Waals surface area contributed by atoms with Crippen LogP contribution in [0.1, 0.15) is 15.9 Å². The molecule has 0 saturated heterocycles. The highest BCUT2D eigenvalue weighted by Gasteiger charge is 2.10. The number of ether oxygens (including phenoxy) is 1. The van der Waals surface area contributed by atoms with Gasteiger partial charge in [0.2, 0.25) is 0 Å². The minimum absolute atomic E-state index is 0.252. The lowest BCUT2D eigenvalue weighted by molar-refractivity contribution is 0.102. The predicted octanol–water partition coefficient (Wildman–Crippen LogP) is 4.04. The maximum absolute atomic E-state index is 12.7. The van der Waals surface area contributed by atoms with E-state index in [4.69, 9.17) is 10.5 Å². The summed E-state index contributed by atoms with van der Waals surface area (Å²) < 4.78 is 5.08. The minimum Gasteiger partial charge on any atom is -0.448 e. The smallest absolute Gasteiger partial charge is 0.407 e. The molecule has 1 heterocycles. The van der Waals surface area contributed by atoms with Gasteiger partial charge in [0.05, 0.1) is 11.4 Å². The number of amides is 2. The number of carbonyl (C=O) groups is 2. The Labute approximate surface area is 185 Å². The Morgan fingerprint density at radius 3 is 2.55 bits per heavy atom.